The van der Waals surface area contributed by atoms with Crippen molar-refractivity contribution in [3.05, 3.63) is 0 Å². The molecule has 1 heterocycles. The van der Waals surface area contributed by atoms with Gasteiger partial charge in [-0.05, 0) is 69.7 Å². The summed E-state index contributed by atoms with van der Waals surface area (Å²) in [5.41, 5.74) is 0.117. The Kier molecular flexibility index (Phi) is 2.75. The van der Waals surface area contributed by atoms with Crippen LogP contribution in [-0.4, -0.2) is 35.2 Å². The molecule has 0 aromatic carbocycles. The molecule has 4 fully saturated rings. The largest absolute Gasteiger partial charge is 0.390 e. The molecule has 112 valence electrons. The zero-order chi connectivity index (χ0) is 13.8. The highest BCUT2D eigenvalue weighted by atomic mass is 16.3. The second-order valence-electron chi connectivity index (χ2n) is 8.02. The summed E-state index contributed by atoms with van der Waals surface area (Å²) < 4.78 is 0. The summed E-state index contributed by atoms with van der Waals surface area (Å²) in [4.78, 5) is 12.4. The van der Waals surface area contributed by atoms with Crippen molar-refractivity contribution in [3.8, 4) is 0 Å². The van der Waals surface area contributed by atoms with Crippen molar-refractivity contribution in [1.82, 2.24) is 10.6 Å². The van der Waals surface area contributed by atoms with Gasteiger partial charge in [0, 0.05) is 18.0 Å². The number of fused-ring (bicyclic) bond motifs is 2. The van der Waals surface area contributed by atoms with Gasteiger partial charge >= 0.3 is 0 Å². The smallest absolute Gasteiger partial charge is 0.223 e. The van der Waals surface area contributed by atoms with E-state index in [0.29, 0.717) is 5.54 Å². The lowest BCUT2D eigenvalue weighted by atomic mass is 9.83. The van der Waals surface area contributed by atoms with Gasteiger partial charge in [0.1, 0.15) is 0 Å². The molecule has 4 heteroatoms. The zero-order valence-electron chi connectivity index (χ0n) is 12.2. The van der Waals surface area contributed by atoms with Gasteiger partial charge in [-0.25, -0.2) is 0 Å². The Balaban J connectivity index is 1.32. The highest BCUT2D eigenvalue weighted by molar-refractivity contribution is 5.79. The van der Waals surface area contributed by atoms with Crippen LogP contribution in [0.4, 0.5) is 0 Å². The number of hydrogen-bond acceptors (Lipinski definition) is 3. The predicted molar refractivity (Wildman–Crippen MR) is 76.2 cm³/mol. The number of aliphatic hydroxyl groups is 1. The highest BCUT2D eigenvalue weighted by Gasteiger charge is 2.53. The van der Waals surface area contributed by atoms with Gasteiger partial charge in [0.25, 0.3) is 0 Å². The summed E-state index contributed by atoms with van der Waals surface area (Å²) in [5, 5.41) is 17.1. The molecule has 1 aliphatic heterocycles. The van der Waals surface area contributed by atoms with Crippen molar-refractivity contribution in [2.24, 2.45) is 11.3 Å². The summed E-state index contributed by atoms with van der Waals surface area (Å²) in [6, 6.07) is 0. The maximum Gasteiger partial charge on any atom is 0.223 e. The zero-order valence-corrected chi connectivity index (χ0v) is 12.2. The Bertz CT molecular complexity index is 422. The summed E-state index contributed by atoms with van der Waals surface area (Å²) in [5.74, 6) is 0.464. The molecule has 1 spiro atoms. The van der Waals surface area contributed by atoms with Crippen LogP contribution in [0.15, 0.2) is 0 Å². The van der Waals surface area contributed by atoms with E-state index in [1.165, 1.54) is 12.8 Å². The number of hydrogen-bond donors (Lipinski definition) is 3. The molecule has 1 unspecified atom stereocenters. The van der Waals surface area contributed by atoms with Crippen molar-refractivity contribution < 1.29 is 9.90 Å². The molecule has 4 rings (SSSR count). The molecule has 4 nitrogen and oxygen atoms in total. The molecular formula is C16H26N2O2. The molecule has 3 aliphatic carbocycles. The van der Waals surface area contributed by atoms with Gasteiger partial charge in [0.2, 0.25) is 5.91 Å². The number of rotatable bonds is 3. The summed E-state index contributed by atoms with van der Waals surface area (Å²) in [6.07, 6.45) is 9.41. The molecule has 3 saturated carbocycles. The molecule has 0 aromatic rings. The Morgan fingerprint density at radius 2 is 1.95 bits per heavy atom. The number of carbonyl (C=O) groups excluding carboxylic acids is 1. The Hall–Kier alpha value is -0.610. The average molecular weight is 278 g/mol. The van der Waals surface area contributed by atoms with Gasteiger partial charge in [-0.2, -0.15) is 0 Å². The molecule has 1 saturated heterocycles. The third-order valence-corrected chi connectivity index (χ3v) is 6.44. The fourth-order valence-corrected chi connectivity index (χ4v) is 4.87. The van der Waals surface area contributed by atoms with Gasteiger partial charge in [0.15, 0.2) is 0 Å². The maximum absolute atomic E-state index is 12.4. The second-order valence-corrected chi connectivity index (χ2v) is 8.02. The average Bonchev–Trinajstić information content (AvgIpc) is 2.97. The molecule has 3 N–H and O–H groups in total. The van der Waals surface area contributed by atoms with Crippen molar-refractivity contribution in [1.29, 1.82) is 0 Å². The van der Waals surface area contributed by atoms with Crippen LogP contribution >= 0.6 is 0 Å². The number of nitrogens with one attached hydrogen (secondary N) is 2. The van der Waals surface area contributed by atoms with E-state index in [1.807, 2.05) is 0 Å². The maximum atomic E-state index is 12.4. The lowest BCUT2D eigenvalue weighted by Crippen LogP contribution is -2.46. The summed E-state index contributed by atoms with van der Waals surface area (Å²) in [7, 11) is 0. The Morgan fingerprint density at radius 3 is 2.55 bits per heavy atom. The number of amides is 1. The third kappa shape index (κ3) is 2.17. The molecule has 0 radical (unpaired) electrons. The van der Waals surface area contributed by atoms with Crippen molar-refractivity contribution in [3.63, 3.8) is 0 Å². The molecule has 4 aliphatic rings. The minimum absolute atomic E-state index is 0.203. The first-order valence-corrected chi connectivity index (χ1v) is 8.28. The van der Waals surface area contributed by atoms with Gasteiger partial charge in [-0.15, -0.1) is 0 Å². The van der Waals surface area contributed by atoms with Crippen LogP contribution in [0.1, 0.15) is 57.8 Å². The topological polar surface area (TPSA) is 61.4 Å². The summed E-state index contributed by atoms with van der Waals surface area (Å²) >= 11 is 0. The minimum Gasteiger partial charge on any atom is -0.390 e. The fraction of sp³-hybridized carbons (Fsp3) is 0.938. The highest BCUT2D eigenvalue weighted by Crippen LogP contribution is 2.56. The normalized spacial score (nSPS) is 44.8. The van der Waals surface area contributed by atoms with Crippen molar-refractivity contribution >= 4 is 5.91 Å². The Morgan fingerprint density at radius 1 is 1.20 bits per heavy atom. The van der Waals surface area contributed by atoms with Gasteiger partial charge in [0.05, 0.1) is 5.60 Å². The Labute approximate surface area is 120 Å². The molecular weight excluding hydrogens is 252 g/mol. The molecule has 1 amide bonds. The standard InChI is InChI=1S/C16H26N2O2/c19-13(12-1-8-18-15(9-12)4-5-15)17-11-14-2-6-16(20,10-14)7-3-14/h12,18,20H,1-11H2,(H,17,19). The predicted octanol–water partition coefficient (Wildman–Crippen LogP) is 1.33. The van der Waals surface area contributed by atoms with Crippen LogP contribution < -0.4 is 10.6 Å². The van der Waals surface area contributed by atoms with Crippen LogP contribution in [0.3, 0.4) is 0 Å². The molecule has 1 atom stereocenters. The van der Waals surface area contributed by atoms with Crippen LogP contribution in [0.25, 0.3) is 0 Å². The van der Waals surface area contributed by atoms with E-state index in [-0.39, 0.29) is 17.2 Å². The molecule has 20 heavy (non-hydrogen) atoms. The van der Waals surface area contributed by atoms with E-state index in [1.54, 1.807) is 0 Å². The number of piperidine rings is 1. The van der Waals surface area contributed by atoms with Crippen LogP contribution in [0.5, 0.6) is 0 Å². The van der Waals surface area contributed by atoms with Gasteiger partial charge < -0.3 is 15.7 Å². The first-order valence-electron chi connectivity index (χ1n) is 8.28. The van der Waals surface area contributed by atoms with E-state index in [4.69, 9.17) is 0 Å². The van der Waals surface area contributed by atoms with E-state index in [9.17, 15) is 9.90 Å². The lowest BCUT2D eigenvalue weighted by Gasteiger charge is -2.31. The van der Waals surface area contributed by atoms with Crippen molar-refractivity contribution in [2.75, 3.05) is 13.1 Å². The van der Waals surface area contributed by atoms with Crippen LogP contribution in [0.2, 0.25) is 0 Å². The van der Waals surface area contributed by atoms with Gasteiger partial charge in [-0.3, -0.25) is 4.79 Å². The second kappa shape index (κ2) is 4.20. The van der Waals surface area contributed by atoms with E-state index < -0.39 is 5.60 Å². The fourth-order valence-electron chi connectivity index (χ4n) is 4.87. The van der Waals surface area contributed by atoms with Gasteiger partial charge in [-0.1, -0.05) is 0 Å². The monoisotopic (exact) mass is 278 g/mol. The van der Waals surface area contributed by atoms with E-state index in [0.717, 1.165) is 58.0 Å². The molecule has 0 aromatic heterocycles. The third-order valence-electron chi connectivity index (χ3n) is 6.44. The minimum atomic E-state index is -0.405. The summed E-state index contributed by atoms with van der Waals surface area (Å²) in [6.45, 7) is 1.77. The number of carbonyl (C=O) groups is 1. The molecule has 2 bridgehead atoms. The quantitative estimate of drug-likeness (QED) is 0.730. The SMILES string of the molecule is O=C(NCC12CCC(O)(CC1)C2)C1CCNC2(CC2)C1. The van der Waals surface area contributed by atoms with Crippen LogP contribution in [0, 0.1) is 11.3 Å². The van der Waals surface area contributed by atoms with Crippen LogP contribution in [-0.2, 0) is 4.79 Å². The van der Waals surface area contributed by atoms with E-state index in [2.05, 4.69) is 10.6 Å². The van der Waals surface area contributed by atoms with E-state index >= 15 is 0 Å². The first kappa shape index (κ1) is 13.1. The first-order chi connectivity index (χ1) is 9.52. The lowest BCUT2D eigenvalue weighted by molar-refractivity contribution is -0.126. The van der Waals surface area contributed by atoms with Crippen molar-refractivity contribution in [2.45, 2.75) is 68.9 Å².